The van der Waals surface area contributed by atoms with Gasteiger partial charge in [0.2, 0.25) is 0 Å². The average molecular weight is 537 g/mol. The minimum atomic E-state index is -2.92. The van der Waals surface area contributed by atoms with Gasteiger partial charge in [-0.3, -0.25) is 4.79 Å². The van der Waals surface area contributed by atoms with Crippen LogP contribution in [0, 0.1) is 0 Å². The van der Waals surface area contributed by atoms with Gasteiger partial charge < -0.3 is 33.1 Å². The maximum atomic E-state index is 12.5. The average Bonchev–Trinajstić information content (AvgIpc) is 3.07. The third-order valence-electron chi connectivity index (χ3n) is 7.65. The number of hydrogen-bond donors (Lipinski definition) is 2. The van der Waals surface area contributed by atoms with Crippen molar-refractivity contribution in [3.63, 3.8) is 0 Å². The summed E-state index contributed by atoms with van der Waals surface area (Å²) in [5, 5.41) is 11.8. The molecule has 2 aromatic heterocycles. The molecule has 2 aliphatic heterocycles. The first-order chi connectivity index (χ1) is 16.9. The zero-order valence-electron chi connectivity index (χ0n) is 22.5. The molecule has 10 nitrogen and oxygen atoms in total. The maximum absolute atomic E-state index is 12.5. The fraction of sp³-hybridized carbons (Fsp3) is 0.708. The van der Waals surface area contributed by atoms with Crippen molar-refractivity contribution in [3.05, 3.63) is 28.8 Å². The molecule has 2 aromatic rings. The normalized spacial score (nSPS) is 28.1. The molecule has 4 heterocycles. The lowest BCUT2D eigenvalue weighted by molar-refractivity contribution is -0.0570. The van der Waals surface area contributed by atoms with Crippen LogP contribution in [0.15, 0.2) is 23.4 Å². The smallest absolute Gasteiger partial charge is 0.335 e. The van der Waals surface area contributed by atoms with Gasteiger partial charge in [0.25, 0.3) is 0 Å². The molecular formula is C24H40N4O6Si2. The topological polar surface area (TPSA) is 131 Å². The third-order valence-corrected chi connectivity index (χ3v) is 17.9. The van der Waals surface area contributed by atoms with Crippen LogP contribution in [0.2, 0.25) is 22.2 Å². The van der Waals surface area contributed by atoms with Crippen LogP contribution in [0.4, 0.5) is 5.82 Å². The number of hydrogen-bond acceptors (Lipinski definition) is 9. The van der Waals surface area contributed by atoms with E-state index in [1.54, 1.807) is 10.8 Å². The summed E-state index contributed by atoms with van der Waals surface area (Å²) >= 11 is 0. The van der Waals surface area contributed by atoms with E-state index in [1.165, 1.54) is 12.4 Å². The molecule has 0 unspecified atom stereocenters. The van der Waals surface area contributed by atoms with Gasteiger partial charge in [-0.05, 0) is 22.2 Å². The van der Waals surface area contributed by atoms with Gasteiger partial charge in [-0.25, -0.2) is 9.97 Å². The number of nitrogens with zero attached hydrogens (tertiary/aromatic N) is 3. The Hall–Kier alpha value is -1.68. The van der Waals surface area contributed by atoms with E-state index in [2.05, 4.69) is 65.4 Å². The number of aliphatic hydroxyl groups excluding tert-OH is 1. The van der Waals surface area contributed by atoms with Gasteiger partial charge >= 0.3 is 17.1 Å². The Labute approximate surface area is 214 Å². The molecule has 0 saturated carbocycles. The predicted octanol–water partition coefficient (Wildman–Crippen LogP) is 3.59. The molecule has 0 aromatic carbocycles. The zero-order chi connectivity index (χ0) is 26.6. The van der Waals surface area contributed by atoms with E-state index in [4.69, 9.17) is 23.4 Å². The number of anilines is 1. The number of rotatable bonds is 5. The second-order valence-electron chi connectivity index (χ2n) is 11.2. The summed E-state index contributed by atoms with van der Waals surface area (Å²) in [6, 6.07) is 1.38. The first-order valence-electron chi connectivity index (χ1n) is 12.8. The van der Waals surface area contributed by atoms with Gasteiger partial charge in [0.1, 0.15) is 35.8 Å². The van der Waals surface area contributed by atoms with Crippen molar-refractivity contribution in [2.45, 2.75) is 102 Å². The summed E-state index contributed by atoms with van der Waals surface area (Å²) in [4.78, 5) is 20.7. The highest BCUT2D eigenvalue weighted by molar-refractivity contribution is 6.84. The molecular weight excluding hydrogens is 496 g/mol. The van der Waals surface area contributed by atoms with E-state index in [9.17, 15) is 9.90 Å². The van der Waals surface area contributed by atoms with Crippen molar-refractivity contribution in [2.24, 2.45) is 0 Å². The molecule has 2 saturated heterocycles. The Morgan fingerprint density at radius 3 is 2.22 bits per heavy atom. The molecule has 2 fully saturated rings. The van der Waals surface area contributed by atoms with Gasteiger partial charge in [0, 0.05) is 12.3 Å². The lowest BCUT2D eigenvalue weighted by Gasteiger charge is -2.51. The molecule has 36 heavy (non-hydrogen) atoms. The van der Waals surface area contributed by atoms with E-state index < -0.39 is 41.7 Å². The van der Waals surface area contributed by atoms with Crippen molar-refractivity contribution in [1.29, 1.82) is 0 Å². The van der Waals surface area contributed by atoms with Crippen LogP contribution in [-0.2, 0) is 17.7 Å². The molecule has 0 aliphatic carbocycles. The van der Waals surface area contributed by atoms with E-state index in [-0.39, 0.29) is 45.4 Å². The number of pyridine rings is 1. The molecule has 3 N–H and O–H groups in total. The lowest BCUT2D eigenvalue weighted by Crippen LogP contribution is -2.65. The van der Waals surface area contributed by atoms with Crippen molar-refractivity contribution < 1.29 is 22.8 Å². The molecule has 4 atom stereocenters. The molecule has 0 spiro atoms. The first-order valence-corrected chi connectivity index (χ1v) is 16.8. The van der Waals surface area contributed by atoms with E-state index in [0.29, 0.717) is 5.65 Å². The summed E-state index contributed by atoms with van der Waals surface area (Å²) in [5.41, 5.74) is 6.64. The predicted molar refractivity (Wildman–Crippen MR) is 142 cm³/mol. The van der Waals surface area contributed by atoms with Gasteiger partial charge in [0.05, 0.1) is 6.61 Å². The minimum Gasteiger partial charge on any atom is -0.414 e. The molecule has 200 valence electrons. The fourth-order valence-electron chi connectivity index (χ4n) is 5.70. The number of ether oxygens (including phenoxy) is 1. The number of nitrogens with two attached hydrogens (primary N) is 1. The molecule has 4 rings (SSSR count). The Kier molecular flexibility index (Phi) is 7.52. The summed E-state index contributed by atoms with van der Waals surface area (Å²) < 4.78 is 29.0. The monoisotopic (exact) mass is 536 g/mol. The SMILES string of the molecule is CC(C)[Si]1(C(C)C)OC[C@H]2O[C@@H](n3ccc(=O)c4c(N)ncnc43)[C@H](O)[C@@H]2O[Si](C(C)C)(C(C)C)O1. The summed E-state index contributed by atoms with van der Waals surface area (Å²) in [6.07, 6.45) is -0.201. The van der Waals surface area contributed by atoms with Crippen LogP contribution in [-0.4, -0.2) is 61.7 Å². The van der Waals surface area contributed by atoms with E-state index >= 15 is 0 Å². The number of aliphatic hydroxyl groups is 1. The van der Waals surface area contributed by atoms with E-state index in [0.717, 1.165) is 0 Å². The summed E-state index contributed by atoms with van der Waals surface area (Å²) in [6.45, 7) is 17.4. The molecule has 12 heteroatoms. The maximum Gasteiger partial charge on any atom is 0.335 e. The van der Waals surface area contributed by atoms with Crippen LogP contribution in [0.1, 0.15) is 61.6 Å². The van der Waals surface area contributed by atoms with Crippen molar-refractivity contribution in [3.8, 4) is 0 Å². The largest absolute Gasteiger partial charge is 0.414 e. The number of nitrogen functional groups attached to an aromatic ring is 1. The number of fused-ring (bicyclic) bond motifs is 2. The molecule has 0 radical (unpaired) electrons. The Bertz CT molecular complexity index is 1140. The van der Waals surface area contributed by atoms with Gasteiger partial charge in [-0.1, -0.05) is 55.4 Å². The highest BCUT2D eigenvalue weighted by atomic mass is 28.5. The van der Waals surface area contributed by atoms with Crippen molar-refractivity contribution in [2.75, 3.05) is 12.3 Å². The highest BCUT2D eigenvalue weighted by Crippen LogP contribution is 2.48. The standard InChI is InChI=1S/C24H40N4O6Si2/c1-13(2)35(14(3)4)31-11-18-21(33-36(34-35,15(5)6)16(7)8)20(30)24(32-18)28-10-9-17(29)19-22(25)26-12-27-23(19)28/h9-10,12-16,18,20-21,24,30H,11H2,1-8H3,(H2,25,26,27)/t18-,20-,21-,24-/m1/s1. The quantitative estimate of drug-likeness (QED) is 0.550. The van der Waals surface area contributed by atoms with Gasteiger partial charge in [-0.2, -0.15) is 0 Å². The first kappa shape index (κ1) is 27.4. The molecule has 2 aliphatic rings. The fourth-order valence-corrected chi connectivity index (χ4v) is 16.9. The van der Waals surface area contributed by atoms with Gasteiger partial charge in [0.15, 0.2) is 17.3 Å². The second-order valence-corrected chi connectivity index (χ2v) is 20.0. The Morgan fingerprint density at radius 1 is 1.03 bits per heavy atom. The van der Waals surface area contributed by atoms with Crippen LogP contribution >= 0.6 is 0 Å². The Morgan fingerprint density at radius 2 is 1.64 bits per heavy atom. The molecule has 0 amide bonds. The van der Waals surface area contributed by atoms with Crippen molar-refractivity contribution >= 4 is 34.0 Å². The Balaban J connectivity index is 1.82. The van der Waals surface area contributed by atoms with Gasteiger partial charge in [-0.15, -0.1) is 0 Å². The van der Waals surface area contributed by atoms with Crippen molar-refractivity contribution in [1.82, 2.24) is 14.5 Å². The lowest BCUT2D eigenvalue weighted by atomic mass is 10.1. The summed E-state index contributed by atoms with van der Waals surface area (Å²) in [5.74, 6) is 0.0847. The highest BCUT2D eigenvalue weighted by Gasteiger charge is 2.61. The van der Waals surface area contributed by atoms with Crippen LogP contribution in [0.3, 0.4) is 0 Å². The number of aromatic nitrogens is 3. The third kappa shape index (κ3) is 4.26. The van der Waals surface area contributed by atoms with Crippen LogP contribution in [0.5, 0.6) is 0 Å². The molecule has 0 bridgehead atoms. The second kappa shape index (κ2) is 9.89. The van der Waals surface area contributed by atoms with Crippen LogP contribution in [0.25, 0.3) is 11.0 Å². The van der Waals surface area contributed by atoms with E-state index in [1.807, 2.05) is 0 Å². The minimum absolute atomic E-state index is 0.0847. The summed E-state index contributed by atoms with van der Waals surface area (Å²) in [7, 11) is -5.65. The zero-order valence-corrected chi connectivity index (χ0v) is 24.5. The van der Waals surface area contributed by atoms with Crippen LogP contribution < -0.4 is 11.2 Å².